The molecule has 104 valence electrons. The molecule has 0 aliphatic carbocycles. The van der Waals surface area contributed by atoms with Crippen molar-refractivity contribution in [2.45, 2.75) is 20.8 Å². The van der Waals surface area contributed by atoms with Gasteiger partial charge in [0.25, 0.3) is 0 Å². The Hall–Kier alpha value is -2.11. The van der Waals surface area contributed by atoms with E-state index in [0.717, 1.165) is 5.56 Å². The predicted octanol–water partition coefficient (Wildman–Crippen LogP) is 1.96. The molecule has 1 rings (SSSR count). The fraction of sp³-hybridized carbons (Fsp3) is 0.462. The number of hydrogen-bond acceptors (Lipinski definition) is 3. The van der Waals surface area contributed by atoms with E-state index < -0.39 is 12.0 Å². The monoisotopic (exact) mass is 265 g/mol. The fourth-order valence-corrected chi connectivity index (χ4v) is 1.61. The van der Waals surface area contributed by atoms with Gasteiger partial charge in [-0.3, -0.25) is 9.78 Å². The van der Waals surface area contributed by atoms with Crippen molar-refractivity contribution in [3.63, 3.8) is 0 Å². The van der Waals surface area contributed by atoms with E-state index in [1.165, 1.54) is 4.90 Å². The van der Waals surface area contributed by atoms with Crippen molar-refractivity contribution in [2.24, 2.45) is 5.92 Å². The molecule has 0 saturated heterocycles. The minimum Gasteiger partial charge on any atom is -0.480 e. The number of anilines is 1. The van der Waals surface area contributed by atoms with Crippen molar-refractivity contribution in [3.8, 4) is 0 Å². The molecule has 0 bridgehead atoms. The highest BCUT2D eigenvalue weighted by Crippen LogP contribution is 2.12. The van der Waals surface area contributed by atoms with Gasteiger partial charge < -0.3 is 15.3 Å². The van der Waals surface area contributed by atoms with Gasteiger partial charge >= 0.3 is 12.0 Å². The van der Waals surface area contributed by atoms with E-state index in [-0.39, 0.29) is 12.5 Å². The van der Waals surface area contributed by atoms with Gasteiger partial charge in [0.2, 0.25) is 0 Å². The van der Waals surface area contributed by atoms with Gasteiger partial charge in [0, 0.05) is 12.7 Å². The van der Waals surface area contributed by atoms with Crippen LogP contribution in [0.15, 0.2) is 18.5 Å². The van der Waals surface area contributed by atoms with Crippen LogP contribution in [0.1, 0.15) is 19.4 Å². The molecule has 6 heteroatoms. The van der Waals surface area contributed by atoms with Gasteiger partial charge in [-0.1, -0.05) is 13.8 Å². The zero-order valence-electron chi connectivity index (χ0n) is 11.4. The van der Waals surface area contributed by atoms with Gasteiger partial charge in [0.15, 0.2) is 0 Å². The Labute approximate surface area is 112 Å². The summed E-state index contributed by atoms with van der Waals surface area (Å²) in [7, 11) is 0. The molecule has 0 radical (unpaired) electrons. The number of nitrogens with one attached hydrogen (secondary N) is 1. The molecule has 2 amide bonds. The third-order valence-corrected chi connectivity index (χ3v) is 2.48. The van der Waals surface area contributed by atoms with Crippen molar-refractivity contribution in [2.75, 3.05) is 18.4 Å². The third kappa shape index (κ3) is 4.95. The maximum Gasteiger partial charge on any atom is 0.323 e. The Bertz CT molecular complexity index is 460. The zero-order chi connectivity index (χ0) is 14.4. The zero-order valence-corrected chi connectivity index (χ0v) is 11.4. The average molecular weight is 265 g/mol. The number of carboxylic acids is 1. The fourth-order valence-electron chi connectivity index (χ4n) is 1.61. The summed E-state index contributed by atoms with van der Waals surface area (Å²) in [6.45, 7) is 5.77. The standard InChI is InChI=1S/C13H19N3O3/c1-9(2)7-16(8-12(17)18)13(19)15-11-6-14-5-4-10(11)3/h4-6,9H,7-8H2,1-3H3,(H,15,19)(H,17,18). The van der Waals surface area contributed by atoms with E-state index in [4.69, 9.17) is 5.11 Å². The minimum atomic E-state index is -1.03. The second-order valence-corrected chi connectivity index (χ2v) is 4.79. The summed E-state index contributed by atoms with van der Waals surface area (Å²) in [6, 6.07) is 1.35. The van der Waals surface area contributed by atoms with E-state index in [9.17, 15) is 9.59 Å². The highest BCUT2D eigenvalue weighted by Gasteiger charge is 2.18. The molecule has 0 aromatic carbocycles. The van der Waals surface area contributed by atoms with Crippen LogP contribution in [-0.2, 0) is 4.79 Å². The Morgan fingerprint density at radius 3 is 2.68 bits per heavy atom. The topological polar surface area (TPSA) is 82.5 Å². The molecule has 2 N–H and O–H groups in total. The highest BCUT2D eigenvalue weighted by molar-refractivity contribution is 5.91. The predicted molar refractivity (Wildman–Crippen MR) is 72.0 cm³/mol. The van der Waals surface area contributed by atoms with Crippen LogP contribution in [0.2, 0.25) is 0 Å². The molecule has 6 nitrogen and oxygen atoms in total. The number of rotatable bonds is 5. The Kier molecular flexibility index (Phi) is 5.29. The molecule has 0 spiro atoms. The number of urea groups is 1. The molecule has 0 saturated carbocycles. The van der Waals surface area contributed by atoms with Gasteiger partial charge in [-0.05, 0) is 24.5 Å². The molecule has 0 atom stereocenters. The summed E-state index contributed by atoms with van der Waals surface area (Å²) >= 11 is 0. The van der Waals surface area contributed by atoms with Crippen LogP contribution in [0.3, 0.4) is 0 Å². The summed E-state index contributed by atoms with van der Waals surface area (Å²) in [4.78, 5) is 28.0. The number of carbonyl (C=O) groups excluding carboxylic acids is 1. The van der Waals surface area contributed by atoms with Crippen LogP contribution in [0, 0.1) is 12.8 Å². The third-order valence-electron chi connectivity index (χ3n) is 2.48. The van der Waals surface area contributed by atoms with E-state index in [2.05, 4.69) is 10.3 Å². The second-order valence-electron chi connectivity index (χ2n) is 4.79. The summed E-state index contributed by atoms with van der Waals surface area (Å²) in [5.74, 6) is -0.834. The number of amides is 2. The lowest BCUT2D eigenvalue weighted by Crippen LogP contribution is -2.41. The summed E-state index contributed by atoms with van der Waals surface area (Å²) in [6.07, 6.45) is 3.18. The van der Waals surface area contributed by atoms with Gasteiger partial charge in [0.05, 0.1) is 11.9 Å². The lowest BCUT2D eigenvalue weighted by Gasteiger charge is -2.23. The number of aliphatic carboxylic acids is 1. The number of pyridine rings is 1. The van der Waals surface area contributed by atoms with Crippen LogP contribution in [-0.4, -0.2) is 40.1 Å². The first kappa shape index (κ1) is 14.9. The summed E-state index contributed by atoms with van der Waals surface area (Å²) in [5, 5.41) is 11.5. The lowest BCUT2D eigenvalue weighted by atomic mass is 10.2. The number of hydrogen-bond donors (Lipinski definition) is 2. The SMILES string of the molecule is Cc1ccncc1NC(=O)N(CC(=O)O)CC(C)C. The molecule has 0 unspecified atom stereocenters. The first-order chi connectivity index (χ1) is 8.90. The number of aryl methyl sites for hydroxylation is 1. The molecular weight excluding hydrogens is 246 g/mol. The van der Waals surface area contributed by atoms with Crippen molar-refractivity contribution in [1.29, 1.82) is 0 Å². The van der Waals surface area contributed by atoms with E-state index in [1.54, 1.807) is 18.5 Å². The van der Waals surface area contributed by atoms with E-state index in [1.807, 2.05) is 20.8 Å². The quantitative estimate of drug-likeness (QED) is 0.852. The van der Waals surface area contributed by atoms with Crippen molar-refractivity contribution in [3.05, 3.63) is 24.0 Å². The van der Waals surface area contributed by atoms with Gasteiger partial charge in [-0.25, -0.2) is 4.79 Å². The van der Waals surface area contributed by atoms with Crippen LogP contribution in [0.5, 0.6) is 0 Å². The molecule has 1 aromatic rings. The number of nitrogens with zero attached hydrogens (tertiary/aromatic N) is 2. The van der Waals surface area contributed by atoms with E-state index in [0.29, 0.717) is 12.2 Å². The van der Waals surface area contributed by atoms with Crippen molar-refractivity contribution < 1.29 is 14.7 Å². The molecule has 1 heterocycles. The number of aromatic nitrogens is 1. The van der Waals surface area contributed by atoms with Crippen LogP contribution < -0.4 is 5.32 Å². The summed E-state index contributed by atoms with van der Waals surface area (Å²) < 4.78 is 0. The second kappa shape index (κ2) is 6.72. The normalized spacial score (nSPS) is 10.3. The number of carbonyl (C=O) groups is 2. The van der Waals surface area contributed by atoms with Crippen LogP contribution in [0.25, 0.3) is 0 Å². The molecular formula is C13H19N3O3. The molecule has 0 aliphatic rings. The largest absolute Gasteiger partial charge is 0.480 e. The minimum absolute atomic E-state index is 0.195. The van der Waals surface area contributed by atoms with Gasteiger partial charge in [0.1, 0.15) is 6.54 Å². The molecule has 19 heavy (non-hydrogen) atoms. The Morgan fingerprint density at radius 2 is 2.16 bits per heavy atom. The number of carboxylic acid groups (broad SMARTS) is 1. The maximum absolute atomic E-state index is 12.1. The Balaban J connectivity index is 2.76. The smallest absolute Gasteiger partial charge is 0.323 e. The lowest BCUT2D eigenvalue weighted by molar-refractivity contribution is -0.137. The average Bonchev–Trinajstić information content (AvgIpc) is 2.30. The molecule has 0 fully saturated rings. The van der Waals surface area contributed by atoms with Crippen molar-refractivity contribution >= 4 is 17.7 Å². The first-order valence-corrected chi connectivity index (χ1v) is 6.08. The van der Waals surface area contributed by atoms with Crippen LogP contribution in [0.4, 0.5) is 10.5 Å². The van der Waals surface area contributed by atoms with Gasteiger partial charge in [-0.2, -0.15) is 0 Å². The van der Waals surface area contributed by atoms with Crippen LogP contribution >= 0.6 is 0 Å². The first-order valence-electron chi connectivity index (χ1n) is 6.08. The van der Waals surface area contributed by atoms with Gasteiger partial charge in [-0.15, -0.1) is 0 Å². The Morgan fingerprint density at radius 1 is 1.47 bits per heavy atom. The molecule has 1 aromatic heterocycles. The summed E-state index contributed by atoms with van der Waals surface area (Å²) in [5.41, 5.74) is 1.47. The van der Waals surface area contributed by atoms with Crippen molar-refractivity contribution in [1.82, 2.24) is 9.88 Å². The van der Waals surface area contributed by atoms with E-state index >= 15 is 0 Å². The molecule has 0 aliphatic heterocycles. The maximum atomic E-state index is 12.1. The highest BCUT2D eigenvalue weighted by atomic mass is 16.4.